The molecule has 0 saturated carbocycles. The maximum atomic E-state index is 2.35. The molecular formula is C17H16S. The maximum Gasteiger partial charge on any atom is 0.0342 e. The molecule has 1 aromatic heterocycles. The van der Waals surface area contributed by atoms with Crippen LogP contribution in [0.5, 0.6) is 0 Å². The zero-order chi connectivity index (χ0) is 12.4. The van der Waals surface area contributed by atoms with Crippen molar-refractivity contribution in [1.82, 2.24) is 0 Å². The highest BCUT2D eigenvalue weighted by Gasteiger charge is 2.01. The number of hydrogen-bond acceptors (Lipinski definition) is 1. The standard InChI is InChI=1S/C17H16S/c1-2-13-5-3-6-14-8-9-15(12-16(14)11-13)17-7-4-10-18-17/h2,4,6-12H,3,5H2,1H3/b13-2+. The molecular weight excluding hydrogens is 236 g/mol. The van der Waals surface area contributed by atoms with Gasteiger partial charge >= 0.3 is 0 Å². The quantitative estimate of drug-likeness (QED) is 0.725. The highest BCUT2D eigenvalue weighted by Crippen LogP contribution is 2.22. The lowest BCUT2D eigenvalue weighted by Gasteiger charge is -1.98. The van der Waals surface area contributed by atoms with E-state index in [-0.39, 0.29) is 0 Å². The Labute approximate surface area is 112 Å². The molecule has 0 unspecified atom stereocenters. The first-order chi connectivity index (χ1) is 8.86. The van der Waals surface area contributed by atoms with E-state index in [1.165, 1.54) is 26.5 Å². The van der Waals surface area contributed by atoms with Gasteiger partial charge in [-0.25, -0.2) is 0 Å². The molecule has 1 aromatic carbocycles. The molecule has 3 rings (SSSR count). The van der Waals surface area contributed by atoms with Crippen molar-refractivity contribution >= 4 is 23.5 Å². The molecule has 0 nitrogen and oxygen atoms in total. The Balaban J connectivity index is 2.21. The molecule has 1 heterocycles. The summed E-state index contributed by atoms with van der Waals surface area (Å²) in [5, 5.41) is 4.85. The molecule has 0 spiro atoms. The number of fused-ring (bicyclic) bond motifs is 1. The Hall–Kier alpha value is -1.60. The van der Waals surface area contributed by atoms with E-state index >= 15 is 0 Å². The van der Waals surface area contributed by atoms with E-state index in [4.69, 9.17) is 0 Å². The van der Waals surface area contributed by atoms with Gasteiger partial charge in [-0.2, -0.15) is 0 Å². The first-order valence-electron chi connectivity index (χ1n) is 6.38. The van der Waals surface area contributed by atoms with Gasteiger partial charge in [-0.15, -0.1) is 11.3 Å². The number of benzene rings is 1. The lowest BCUT2D eigenvalue weighted by molar-refractivity contribution is 1.06. The zero-order valence-electron chi connectivity index (χ0n) is 10.5. The Kier molecular flexibility index (Phi) is 3.16. The van der Waals surface area contributed by atoms with Gasteiger partial charge in [0.2, 0.25) is 0 Å². The highest BCUT2D eigenvalue weighted by atomic mass is 32.1. The summed E-state index contributed by atoms with van der Waals surface area (Å²) in [6, 6.07) is 11.1. The predicted octanol–water partition coefficient (Wildman–Crippen LogP) is 3.72. The number of hydrogen-bond donors (Lipinski definition) is 0. The van der Waals surface area contributed by atoms with Crippen molar-refractivity contribution in [1.29, 1.82) is 0 Å². The Bertz CT molecular complexity index is 688. The van der Waals surface area contributed by atoms with Gasteiger partial charge in [0, 0.05) is 4.88 Å². The van der Waals surface area contributed by atoms with Gasteiger partial charge in [0.15, 0.2) is 0 Å². The van der Waals surface area contributed by atoms with Crippen molar-refractivity contribution in [2.75, 3.05) is 0 Å². The molecule has 1 aliphatic carbocycles. The van der Waals surface area contributed by atoms with Crippen LogP contribution in [-0.2, 0) is 0 Å². The predicted molar refractivity (Wildman–Crippen MR) is 80.9 cm³/mol. The Morgan fingerprint density at radius 2 is 2.11 bits per heavy atom. The molecule has 0 amide bonds. The Morgan fingerprint density at radius 3 is 2.89 bits per heavy atom. The largest absolute Gasteiger partial charge is 0.144 e. The van der Waals surface area contributed by atoms with Gasteiger partial charge in [0.1, 0.15) is 0 Å². The van der Waals surface area contributed by atoms with Crippen molar-refractivity contribution in [3.05, 3.63) is 57.8 Å². The van der Waals surface area contributed by atoms with Crippen LogP contribution in [0.1, 0.15) is 19.8 Å². The van der Waals surface area contributed by atoms with Gasteiger partial charge in [-0.3, -0.25) is 0 Å². The fraction of sp³-hybridized carbons (Fsp3) is 0.176. The smallest absolute Gasteiger partial charge is 0.0342 e. The summed E-state index contributed by atoms with van der Waals surface area (Å²) in [6.07, 6.45) is 9.19. The summed E-state index contributed by atoms with van der Waals surface area (Å²) in [4.78, 5) is 1.34. The van der Waals surface area contributed by atoms with E-state index in [1.807, 2.05) is 0 Å². The van der Waals surface area contributed by atoms with E-state index in [1.54, 1.807) is 11.3 Å². The van der Waals surface area contributed by atoms with Crippen LogP contribution < -0.4 is 10.4 Å². The second-order valence-corrected chi connectivity index (χ2v) is 5.52. The van der Waals surface area contributed by atoms with E-state index in [0.717, 1.165) is 12.8 Å². The highest BCUT2D eigenvalue weighted by molar-refractivity contribution is 7.13. The van der Waals surface area contributed by atoms with Crippen LogP contribution >= 0.6 is 11.3 Å². The molecule has 18 heavy (non-hydrogen) atoms. The average Bonchev–Trinajstić information content (AvgIpc) is 2.85. The van der Waals surface area contributed by atoms with Crippen molar-refractivity contribution in [3.8, 4) is 10.4 Å². The van der Waals surface area contributed by atoms with E-state index < -0.39 is 0 Å². The van der Waals surface area contributed by atoms with Crippen molar-refractivity contribution in [2.45, 2.75) is 19.8 Å². The van der Waals surface area contributed by atoms with Gasteiger partial charge in [-0.1, -0.05) is 42.0 Å². The molecule has 0 saturated heterocycles. The van der Waals surface area contributed by atoms with Crippen LogP contribution in [-0.4, -0.2) is 0 Å². The number of thiophene rings is 1. The molecule has 1 aliphatic rings. The fourth-order valence-corrected chi connectivity index (χ4v) is 3.10. The molecule has 0 bridgehead atoms. The molecule has 2 aromatic rings. The lowest BCUT2D eigenvalue weighted by Crippen LogP contribution is -2.23. The molecule has 0 atom stereocenters. The third-order valence-electron chi connectivity index (χ3n) is 3.40. The van der Waals surface area contributed by atoms with Gasteiger partial charge < -0.3 is 0 Å². The summed E-state index contributed by atoms with van der Waals surface area (Å²) < 4.78 is 0. The van der Waals surface area contributed by atoms with Crippen LogP contribution in [0.15, 0.2) is 47.4 Å². The van der Waals surface area contributed by atoms with E-state index in [9.17, 15) is 0 Å². The minimum Gasteiger partial charge on any atom is -0.144 e. The first kappa shape index (κ1) is 11.5. The summed E-state index contributed by atoms with van der Waals surface area (Å²) in [7, 11) is 0. The number of rotatable bonds is 1. The summed E-state index contributed by atoms with van der Waals surface area (Å²) in [5.41, 5.74) is 2.76. The normalized spacial score (nSPS) is 16.6. The second-order valence-electron chi connectivity index (χ2n) is 4.57. The van der Waals surface area contributed by atoms with Gasteiger partial charge in [0.05, 0.1) is 0 Å². The van der Waals surface area contributed by atoms with Crippen molar-refractivity contribution in [3.63, 3.8) is 0 Å². The summed E-state index contributed by atoms with van der Waals surface area (Å²) >= 11 is 1.80. The fourth-order valence-electron chi connectivity index (χ4n) is 2.38. The molecule has 0 fully saturated rings. The van der Waals surface area contributed by atoms with Crippen LogP contribution in [0.25, 0.3) is 22.6 Å². The third-order valence-corrected chi connectivity index (χ3v) is 4.32. The topological polar surface area (TPSA) is 0 Å². The Morgan fingerprint density at radius 1 is 1.17 bits per heavy atom. The van der Waals surface area contributed by atoms with Gasteiger partial charge in [-0.05, 0) is 53.3 Å². The lowest BCUT2D eigenvalue weighted by atomic mass is 10.1. The van der Waals surface area contributed by atoms with Crippen LogP contribution in [0, 0.1) is 0 Å². The van der Waals surface area contributed by atoms with Crippen LogP contribution in [0.3, 0.4) is 0 Å². The van der Waals surface area contributed by atoms with Crippen molar-refractivity contribution < 1.29 is 0 Å². The minimum atomic E-state index is 1.14. The maximum absolute atomic E-state index is 2.35. The average molecular weight is 252 g/mol. The van der Waals surface area contributed by atoms with Gasteiger partial charge in [0.25, 0.3) is 0 Å². The molecule has 0 aliphatic heterocycles. The molecule has 1 heteroatoms. The SMILES string of the molecule is C/C=C1/C=c2cc(-c3cccs3)ccc2=CCC1. The van der Waals surface area contributed by atoms with Crippen LogP contribution in [0.2, 0.25) is 0 Å². The second kappa shape index (κ2) is 4.95. The summed E-state index contributed by atoms with van der Waals surface area (Å²) in [6.45, 7) is 2.12. The molecule has 90 valence electrons. The first-order valence-corrected chi connectivity index (χ1v) is 7.26. The number of allylic oxidation sites excluding steroid dienone is 2. The van der Waals surface area contributed by atoms with E-state index in [2.05, 4.69) is 60.9 Å². The van der Waals surface area contributed by atoms with E-state index in [0.29, 0.717) is 0 Å². The van der Waals surface area contributed by atoms with Crippen LogP contribution in [0.4, 0.5) is 0 Å². The third kappa shape index (κ3) is 2.19. The molecule has 0 radical (unpaired) electrons. The zero-order valence-corrected chi connectivity index (χ0v) is 11.3. The monoisotopic (exact) mass is 252 g/mol. The molecule has 0 N–H and O–H groups in total. The van der Waals surface area contributed by atoms with Crippen molar-refractivity contribution in [2.24, 2.45) is 0 Å². The summed E-state index contributed by atoms with van der Waals surface area (Å²) in [5.74, 6) is 0. The minimum absolute atomic E-state index is 1.14.